The average molecular weight is 330 g/mol. The van der Waals surface area contributed by atoms with Crippen LogP contribution in [0.4, 0.5) is 4.39 Å². The van der Waals surface area contributed by atoms with Gasteiger partial charge in [-0.1, -0.05) is 12.1 Å². The van der Waals surface area contributed by atoms with Crippen molar-refractivity contribution in [3.05, 3.63) is 65.7 Å². The van der Waals surface area contributed by atoms with Gasteiger partial charge in [0.05, 0.1) is 19.8 Å². The maximum absolute atomic E-state index is 13.1. The second-order valence-electron chi connectivity index (χ2n) is 5.96. The Labute approximate surface area is 139 Å². The van der Waals surface area contributed by atoms with Gasteiger partial charge in [0.25, 0.3) is 5.91 Å². The first-order valence-corrected chi connectivity index (χ1v) is 7.80. The summed E-state index contributed by atoms with van der Waals surface area (Å²) in [7, 11) is 0. The number of ether oxygens (including phenoxy) is 1. The first kappa shape index (κ1) is 16.5. The molecule has 0 radical (unpaired) electrons. The Kier molecular flexibility index (Phi) is 4.87. The summed E-state index contributed by atoms with van der Waals surface area (Å²) in [6.07, 6.45) is 3.56. The summed E-state index contributed by atoms with van der Waals surface area (Å²) < 4.78 is 18.9. The van der Waals surface area contributed by atoms with Crippen LogP contribution in [0.3, 0.4) is 0 Å². The van der Waals surface area contributed by atoms with Crippen LogP contribution in [-0.2, 0) is 11.2 Å². The number of amides is 1. The van der Waals surface area contributed by atoms with E-state index in [1.165, 1.54) is 12.1 Å². The SMILES string of the molecule is O=C(c1ccncc1)N1CCO[C@@](CO)(Cc2ccc(F)cc2)C1. The van der Waals surface area contributed by atoms with Crippen LogP contribution in [0.5, 0.6) is 0 Å². The number of carbonyl (C=O) groups excluding carboxylic acids is 1. The highest BCUT2D eigenvalue weighted by molar-refractivity contribution is 5.94. The molecule has 2 aromatic rings. The molecule has 0 unspecified atom stereocenters. The van der Waals surface area contributed by atoms with Gasteiger partial charge in [-0.25, -0.2) is 4.39 Å². The van der Waals surface area contributed by atoms with Crippen molar-refractivity contribution in [1.82, 2.24) is 9.88 Å². The molecule has 24 heavy (non-hydrogen) atoms. The number of hydrogen-bond acceptors (Lipinski definition) is 4. The van der Waals surface area contributed by atoms with Gasteiger partial charge in [-0.2, -0.15) is 0 Å². The van der Waals surface area contributed by atoms with E-state index < -0.39 is 5.60 Å². The van der Waals surface area contributed by atoms with Gasteiger partial charge in [0.1, 0.15) is 11.4 Å². The Balaban J connectivity index is 1.76. The number of carbonyl (C=O) groups is 1. The maximum Gasteiger partial charge on any atom is 0.254 e. The highest BCUT2D eigenvalue weighted by Gasteiger charge is 2.38. The molecule has 1 atom stereocenters. The van der Waals surface area contributed by atoms with E-state index in [1.54, 1.807) is 41.6 Å². The van der Waals surface area contributed by atoms with Gasteiger partial charge in [0.2, 0.25) is 0 Å². The lowest BCUT2D eigenvalue weighted by Gasteiger charge is -2.42. The zero-order valence-corrected chi connectivity index (χ0v) is 13.2. The molecule has 0 saturated carbocycles. The van der Waals surface area contributed by atoms with Crippen molar-refractivity contribution in [3.8, 4) is 0 Å². The van der Waals surface area contributed by atoms with E-state index in [0.717, 1.165) is 5.56 Å². The Morgan fingerprint density at radius 1 is 1.25 bits per heavy atom. The fourth-order valence-electron chi connectivity index (χ4n) is 2.93. The first-order valence-electron chi connectivity index (χ1n) is 7.80. The van der Waals surface area contributed by atoms with E-state index in [1.807, 2.05) is 0 Å². The molecule has 1 aromatic heterocycles. The molecule has 5 nitrogen and oxygen atoms in total. The summed E-state index contributed by atoms with van der Waals surface area (Å²) in [6, 6.07) is 9.42. The minimum absolute atomic E-state index is 0.113. The largest absolute Gasteiger partial charge is 0.393 e. The highest BCUT2D eigenvalue weighted by atomic mass is 19.1. The Bertz CT molecular complexity index is 693. The highest BCUT2D eigenvalue weighted by Crippen LogP contribution is 2.24. The molecule has 3 rings (SSSR count). The van der Waals surface area contributed by atoms with E-state index in [2.05, 4.69) is 4.98 Å². The summed E-state index contributed by atoms with van der Waals surface area (Å²) in [5.74, 6) is -0.423. The quantitative estimate of drug-likeness (QED) is 0.926. The van der Waals surface area contributed by atoms with Crippen molar-refractivity contribution >= 4 is 5.91 Å². The van der Waals surface area contributed by atoms with Crippen LogP contribution < -0.4 is 0 Å². The van der Waals surface area contributed by atoms with Crippen LogP contribution in [0.2, 0.25) is 0 Å². The molecule has 1 aromatic carbocycles. The van der Waals surface area contributed by atoms with E-state index in [9.17, 15) is 14.3 Å². The summed E-state index contributed by atoms with van der Waals surface area (Å²) in [4.78, 5) is 18.2. The third kappa shape index (κ3) is 3.60. The number of nitrogens with zero attached hydrogens (tertiary/aromatic N) is 2. The van der Waals surface area contributed by atoms with Crippen molar-refractivity contribution in [3.63, 3.8) is 0 Å². The summed E-state index contributed by atoms with van der Waals surface area (Å²) in [5.41, 5.74) is 0.530. The Morgan fingerprint density at radius 2 is 1.96 bits per heavy atom. The second kappa shape index (κ2) is 7.07. The summed E-state index contributed by atoms with van der Waals surface area (Å²) in [6.45, 7) is 0.872. The molecule has 0 spiro atoms. The Morgan fingerprint density at radius 3 is 2.62 bits per heavy atom. The van der Waals surface area contributed by atoms with Crippen molar-refractivity contribution in [2.24, 2.45) is 0 Å². The third-order valence-corrected chi connectivity index (χ3v) is 4.19. The zero-order chi connectivity index (χ0) is 17.0. The fourth-order valence-corrected chi connectivity index (χ4v) is 2.93. The molecular formula is C18H19FN2O3. The van der Waals surface area contributed by atoms with Crippen molar-refractivity contribution in [2.45, 2.75) is 12.0 Å². The van der Waals surface area contributed by atoms with E-state index in [4.69, 9.17) is 4.74 Å². The number of morpholine rings is 1. The topological polar surface area (TPSA) is 62.7 Å². The number of pyridine rings is 1. The molecule has 1 aliphatic heterocycles. The van der Waals surface area contributed by atoms with Crippen LogP contribution in [0.15, 0.2) is 48.8 Å². The van der Waals surface area contributed by atoms with Crippen LogP contribution in [0.1, 0.15) is 15.9 Å². The predicted molar refractivity (Wildman–Crippen MR) is 86.0 cm³/mol. The molecule has 1 aliphatic rings. The van der Waals surface area contributed by atoms with Gasteiger partial charge >= 0.3 is 0 Å². The standard InChI is InChI=1S/C18H19FN2O3/c19-16-3-1-14(2-4-16)11-18(13-22)12-21(9-10-24-18)17(23)15-5-7-20-8-6-15/h1-8,22H,9-13H2/t18-/m0/s1. The molecule has 1 saturated heterocycles. The van der Waals surface area contributed by atoms with Gasteiger partial charge in [0, 0.05) is 30.9 Å². The molecule has 1 fully saturated rings. The average Bonchev–Trinajstić information content (AvgIpc) is 2.64. The number of aromatic nitrogens is 1. The van der Waals surface area contributed by atoms with Crippen molar-refractivity contribution in [1.29, 1.82) is 0 Å². The fraction of sp³-hybridized carbons (Fsp3) is 0.333. The zero-order valence-electron chi connectivity index (χ0n) is 13.2. The molecule has 0 bridgehead atoms. The first-order chi connectivity index (χ1) is 11.6. The van der Waals surface area contributed by atoms with Crippen LogP contribution in [0, 0.1) is 5.82 Å². The number of rotatable bonds is 4. The minimum Gasteiger partial charge on any atom is -0.393 e. The number of hydrogen-bond donors (Lipinski definition) is 1. The predicted octanol–water partition coefficient (Wildman–Crippen LogP) is 1.67. The second-order valence-corrected chi connectivity index (χ2v) is 5.96. The normalized spacial score (nSPS) is 20.8. The van der Waals surface area contributed by atoms with E-state index >= 15 is 0 Å². The number of benzene rings is 1. The van der Waals surface area contributed by atoms with Crippen LogP contribution in [0.25, 0.3) is 0 Å². The molecule has 2 heterocycles. The van der Waals surface area contributed by atoms with Crippen molar-refractivity contribution in [2.75, 3.05) is 26.3 Å². The maximum atomic E-state index is 13.1. The lowest BCUT2D eigenvalue weighted by molar-refractivity contribution is -0.123. The molecule has 0 aliphatic carbocycles. The van der Waals surface area contributed by atoms with Gasteiger partial charge in [-0.05, 0) is 29.8 Å². The van der Waals surface area contributed by atoms with E-state index in [-0.39, 0.29) is 24.9 Å². The van der Waals surface area contributed by atoms with Gasteiger partial charge < -0.3 is 14.7 Å². The molecule has 1 N–H and O–H groups in total. The van der Waals surface area contributed by atoms with Gasteiger partial charge in [-0.3, -0.25) is 9.78 Å². The number of halogens is 1. The third-order valence-electron chi connectivity index (χ3n) is 4.19. The Hall–Kier alpha value is -2.31. The van der Waals surface area contributed by atoms with E-state index in [0.29, 0.717) is 25.1 Å². The van der Waals surface area contributed by atoms with Gasteiger partial charge in [0.15, 0.2) is 0 Å². The monoisotopic (exact) mass is 330 g/mol. The van der Waals surface area contributed by atoms with Crippen LogP contribution >= 0.6 is 0 Å². The lowest BCUT2D eigenvalue weighted by Crippen LogP contribution is -2.56. The molecular weight excluding hydrogens is 311 g/mol. The summed E-state index contributed by atoms with van der Waals surface area (Å²) >= 11 is 0. The van der Waals surface area contributed by atoms with Gasteiger partial charge in [-0.15, -0.1) is 0 Å². The lowest BCUT2D eigenvalue weighted by atomic mass is 9.93. The molecule has 1 amide bonds. The van der Waals surface area contributed by atoms with Crippen LogP contribution in [-0.4, -0.2) is 52.8 Å². The summed E-state index contributed by atoms with van der Waals surface area (Å²) in [5, 5.41) is 9.88. The van der Waals surface area contributed by atoms with Crippen molar-refractivity contribution < 1.29 is 19.0 Å². The number of aliphatic hydroxyl groups excluding tert-OH is 1. The minimum atomic E-state index is -0.876. The number of aliphatic hydroxyl groups is 1. The molecule has 126 valence electrons. The molecule has 6 heteroatoms. The smallest absolute Gasteiger partial charge is 0.254 e.